The quantitative estimate of drug-likeness (QED) is 0.153. The lowest BCUT2D eigenvalue weighted by Crippen LogP contribution is -2.27. The summed E-state index contributed by atoms with van der Waals surface area (Å²) in [7, 11) is 1.30. The number of hydrogen-bond acceptors (Lipinski definition) is 3. The molecule has 0 saturated carbocycles. The lowest BCUT2D eigenvalue weighted by molar-refractivity contribution is -0.141. The predicted molar refractivity (Wildman–Crippen MR) is 135 cm³/mol. The van der Waals surface area contributed by atoms with Gasteiger partial charge in [-0.2, -0.15) is 0 Å². The van der Waals surface area contributed by atoms with Crippen LogP contribution in [0.3, 0.4) is 0 Å². The van der Waals surface area contributed by atoms with E-state index >= 15 is 0 Å². The van der Waals surface area contributed by atoms with Gasteiger partial charge in [0.25, 0.3) is 0 Å². The Hall–Kier alpha value is -1.26. The first kappa shape index (κ1) is 27.0. The normalized spacial score (nSPS) is 12.5. The Morgan fingerprint density at radius 3 is 2.12 bits per heavy atom. The molecule has 32 heavy (non-hydrogen) atoms. The van der Waals surface area contributed by atoms with Crippen LogP contribution in [0, 0.1) is 0 Å². The summed E-state index contributed by atoms with van der Waals surface area (Å²) in [4.78, 5) is 11.5. The number of carbonyl (C=O) groups is 1. The van der Waals surface area contributed by atoms with Gasteiger partial charge in [-0.1, -0.05) is 116 Å². The smallest absolute Gasteiger partial charge is 0.342 e. The summed E-state index contributed by atoms with van der Waals surface area (Å²) in [6.07, 6.45) is 9.24. The molecular formula is C26H34Cl3NO2. The van der Waals surface area contributed by atoms with Crippen molar-refractivity contribution in [3.05, 3.63) is 70.7 Å². The number of methoxy groups -OCH3 is 1. The fraction of sp³-hybridized carbons (Fsp3) is 0.500. The Kier molecular flexibility index (Phi) is 12.5. The van der Waals surface area contributed by atoms with E-state index in [1.165, 1.54) is 43.9 Å². The third kappa shape index (κ3) is 10.1. The van der Waals surface area contributed by atoms with Crippen LogP contribution in [0.5, 0.6) is 0 Å². The number of carbonyl (C=O) groups excluding carboxylic acids is 1. The van der Waals surface area contributed by atoms with Gasteiger partial charge in [-0.3, -0.25) is 0 Å². The summed E-state index contributed by atoms with van der Waals surface area (Å²) in [5, 5.41) is 4.48. The molecule has 0 aromatic heterocycles. The molecule has 0 aliphatic heterocycles. The molecule has 176 valence electrons. The molecule has 1 N–H and O–H groups in total. The second-order valence-electron chi connectivity index (χ2n) is 8.18. The number of nitrogens with one attached hydrogen (secondary N) is 1. The first-order chi connectivity index (χ1) is 15.4. The highest BCUT2D eigenvalue weighted by molar-refractivity contribution is 6.57. The molecule has 0 saturated heterocycles. The molecule has 1 atom stereocenters. The fourth-order valence-corrected chi connectivity index (χ4v) is 4.30. The highest BCUT2D eigenvalue weighted by Crippen LogP contribution is 2.29. The van der Waals surface area contributed by atoms with E-state index in [9.17, 15) is 4.79 Å². The zero-order chi connectivity index (χ0) is 23.2. The Labute approximate surface area is 207 Å². The van der Waals surface area contributed by atoms with E-state index in [-0.39, 0.29) is 0 Å². The molecule has 0 aliphatic carbocycles. The van der Waals surface area contributed by atoms with Crippen molar-refractivity contribution >= 4 is 40.8 Å². The highest BCUT2D eigenvalue weighted by Gasteiger charge is 2.33. The molecule has 1 unspecified atom stereocenters. The van der Waals surface area contributed by atoms with Crippen LogP contribution >= 0.6 is 34.8 Å². The third-order valence-corrected chi connectivity index (χ3v) is 6.57. The Morgan fingerprint density at radius 2 is 1.50 bits per heavy atom. The van der Waals surface area contributed by atoms with Crippen LogP contribution < -0.4 is 5.32 Å². The topological polar surface area (TPSA) is 38.3 Å². The summed E-state index contributed by atoms with van der Waals surface area (Å²) in [5.74, 6) is -0.572. The average Bonchev–Trinajstić information content (AvgIpc) is 2.80. The van der Waals surface area contributed by atoms with Crippen molar-refractivity contribution < 1.29 is 9.53 Å². The predicted octanol–water partition coefficient (Wildman–Crippen LogP) is 8.03. The van der Waals surface area contributed by atoms with E-state index in [4.69, 9.17) is 34.8 Å². The van der Waals surface area contributed by atoms with Gasteiger partial charge in [-0.15, -0.1) is 0 Å². The summed E-state index contributed by atoms with van der Waals surface area (Å²) in [6.45, 7) is 0.850. The molecule has 0 radical (unpaired) electrons. The third-order valence-electron chi connectivity index (χ3n) is 5.64. The zero-order valence-electron chi connectivity index (χ0n) is 18.8. The van der Waals surface area contributed by atoms with Gasteiger partial charge in [0.2, 0.25) is 4.33 Å². The molecule has 0 spiro atoms. The molecular weight excluding hydrogens is 465 g/mol. The van der Waals surface area contributed by atoms with Gasteiger partial charge in [-0.25, -0.2) is 4.79 Å². The van der Waals surface area contributed by atoms with Crippen molar-refractivity contribution in [1.29, 1.82) is 0 Å². The molecule has 6 heteroatoms. The molecule has 3 nitrogen and oxygen atoms in total. The number of unbranched alkanes of at least 4 members (excludes halogenated alkanes) is 6. The fourth-order valence-electron chi connectivity index (χ4n) is 3.75. The molecule has 0 bridgehead atoms. The monoisotopic (exact) mass is 497 g/mol. The number of alkyl halides is 2. The lowest BCUT2D eigenvalue weighted by atomic mass is 9.99. The van der Waals surface area contributed by atoms with Crippen molar-refractivity contribution in [3.63, 3.8) is 0 Å². The minimum atomic E-state index is -1.42. The second kappa shape index (κ2) is 14.8. The molecule has 0 fully saturated rings. The summed E-state index contributed by atoms with van der Waals surface area (Å²) >= 11 is 18.1. The molecule has 0 heterocycles. The maximum Gasteiger partial charge on any atom is 0.342 e. The van der Waals surface area contributed by atoms with Crippen molar-refractivity contribution in [2.45, 2.75) is 74.7 Å². The lowest BCUT2D eigenvalue weighted by Gasteiger charge is -2.20. The van der Waals surface area contributed by atoms with E-state index in [2.05, 4.69) is 46.5 Å². The van der Waals surface area contributed by atoms with E-state index < -0.39 is 10.3 Å². The van der Waals surface area contributed by atoms with Crippen LogP contribution in [0.15, 0.2) is 54.6 Å². The number of rotatable bonds is 15. The van der Waals surface area contributed by atoms with Gasteiger partial charge >= 0.3 is 5.97 Å². The van der Waals surface area contributed by atoms with Gasteiger partial charge in [0, 0.05) is 17.6 Å². The molecule has 2 aromatic rings. The summed E-state index contributed by atoms with van der Waals surface area (Å²) in [6, 6.07) is 19.0. The number of ether oxygens (including phenoxy) is 1. The molecule has 0 amide bonds. The Bertz CT molecular complexity index is 781. The second-order valence-corrected chi connectivity index (χ2v) is 10.1. The van der Waals surface area contributed by atoms with Gasteiger partial charge < -0.3 is 10.1 Å². The van der Waals surface area contributed by atoms with Gasteiger partial charge in [0.15, 0.2) is 0 Å². The van der Waals surface area contributed by atoms with Crippen LogP contribution in [-0.2, 0) is 16.1 Å². The number of benzene rings is 2. The first-order valence-corrected chi connectivity index (χ1v) is 12.5. The van der Waals surface area contributed by atoms with Crippen LogP contribution in [-0.4, -0.2) is 17.4 Å². The maximum atomic E-state index is 11.5. The maximum absolute atomic E-state index is 11.5. The van der Waals surface area contributed by atoms with Crippen molar-refractivity contribution in [2.75, 3.05) is 7.11 Å². The largest absolute Gasteiger partial charge is 0.467 e. The van der Waals surface area contributed by atoms with E-state index in [1.807, 2.05) is 18.2 Å². The van der Waals surface area contributed by atoms with Crippen LogP contribution in [0.1, 0.15) is 75.0 Å². The average molecular weight is 499 g/mol. The Balaban J connectivity index is 1.67. The minimum absolute atomic E-state index is 0.311. The van der Waals surface area contributed by atoms with Gasteiger partial charge in [0.05, 0.1) is 7.11 Å². The standard InChI is InChI=1S/C26H34Cl3NO2/c1-32-25(31)26(28,29)19-11-6-4-2-3-5-10-14-24(22-15-17-23(27)18-16-22)30-20-21-12-8-7-9-13-21/h7-9,12-13,15-18,24,30H,2-6,10-11,14,19-20H2,1H3. The number of esters is 1. The van der Waals surface area contributed by atoms with Crippen LogP contribution in [0.4, 0.5) is 0 Å². The molecule has 2 rings (SSSR count). The first-order valence-electron chi connectivity index (χ1n) is 11.4. The van der Waals surface area contributed by atoms with Crippen molar-refractivity contribution in [1.82, 2.24) is 5.32 Å². The molecule has 2 aromatic carbocycles. The van der Waals surface area contributed by atoms with Gasteiger partial charge in [-0.05, 0) is 42.5 Å². The van der Waals surface area contributed by atoms with Gasteiger partial charge in [0.1, 0.15) is 0 Å². The Morgan fingerprint density at radius 1 is 0.906 bits per heavy atom. The highest BCUT2D eigenvalue weighted by atomic mass is 35.5. The summed E-state index contributed by atoms with van der Waals surface area (Å²) in [5.41, 5.74) is 2.57. The van der Waals surface area contributed by atoms with Crippen molar-refractivity contribution in [3.8, 4) is 0 Å². The molecule has 0 aliphatic rings. The van der Waals surface area contributed by atoms with Crippen LogP contribution in [0.25, 0.3) is 0 Å². The van der Waals surface area contributed by atoms with E-state index in [1.54, 1.807) is 0 Å². The van der Waals surface area contributed by atoms with E-state index in [0.717, 1.165) is 37.3 Å². The van der Waals surface area contributed by atoms with E-state index in [0.29, 0.717) is 12.5 Å². The number of hydrogen-bond donors (Lipinski definition) is 1. The zero-order valence-corrected chi connectivity index (χ0v) is 21.1. The summed E-state index contributed by atoms with van der Waals surface area (Å²) < 4.78 is 3.20. The van der Waals surface area contributed by atoms with Crippen LogP contribution in [0.2, 0.25) is 5.02 Å². The number of halogens is 3. The van der Waals surface area contributed by atoms with Crippen molar-refractivity contribution in [2.24, 2.45) is 0 Å². The SMILES string of the molecule is COC(=O)C(Cl)(Cl)CCCCCCCCCC(NCc1ccccc1)c1ccc(Cl)cc1. The minimum Gasteiger partial charge on any atom is -0.467 e.